The minimum absolute atomic E-state index is 0.280. The highest BCUT2D eigenvalue weighted by molar-refractivity contribution is 9.10. The van der Waals surface area contributed by atoms with E-state index in [1.807, 2.05) is 25.1 Å². The first-order valence-electron chi connectivity index (χ1n) is 8.43. The van der Waals surface area contributed by atoms with E-state index < -0.39 is 6.10 Å². The molecule has 0 radical (unpaired) electrons. The van der Waals surface area contributed by atoms with E-state index in [4.69, 9.17) is 24.7 Å². The normalized spacial score (nSPS) is 26.0. The van der Waals surface area contributed by atoms with Gasteiger partial charge in [0.2, 0.25) is 0 Å². The highest BCUT2D eigenvalue weighted by Crippen LogP contribution is 2.48. The zero-order valence-electron chi connectivity index (χ0n) is 15.3. The van der Waals surface area contributed by atoms with Crippen LogP contribution in [0.15, 0.2) is 22.7 Å². The maximum absolute atomic E-state index is 10.1. The van der Waals surface area contributed by atoms with Crippen molar-refractivity contribution >= 4 is 26.7 Å². The van der Waals surface area contributed by atoms with Crippen LogP contribution in [0.5, 0.6) is 17.2 Å². The fraction of sp³-hybridized carbons (Fsp3) is 0.474. The molecule has 0 unspecified atom stereocenters. The molecule has 1 heterocycles. The fourth-order valence-corrected chi connectivity index (χ4v) is 4.15. The smallest absolute Gasteiger partial charge is 0.144 e. The summed E-state index contributed by atoms with van der Waals surface area (Å²) in [4.78, 5) is 0. The molecule has 0 amide bonds. The van der Waals surface area contributed by atoms with Crippen LogP contribution in [0.25, 0.3) is 10.8 Å². The van der Waals surface area contributed by atoms with Gasteiger partial charge in [-0.1, -0.05) is 6.07 Å². The zero-order chi connectivity index (χ0) is 19.0. The molecular formula is C19H24BrNO5. The molecule has 4 atom stereocenters. The van der Waals surface area contributed by atoms with Gasteiger partial charge in [-0.2, -0.15) is 0 Å². The number of halogens is 1. The number of hydrogen-bond acceptors (Lipinski definition) is 6. The maximum Gasteiger partial charge on any atom is 0.144 e. The zero-order valence-corrected chi connectivity index (χ0v) is 16.9. The van der Waals surface area contributed by atoms with E-state index in [0.717, 1.165) is 20.8 Å². The number of hydrogen-bond donors (Lipinski definition) is 2. The third-order valence-electron chi connectivity index (χ3n) is 4.92. The number of methoxy groups -OCH3 is 3. The minimum Gasteiger partial charge on any atom is -0.496 e. The average molecular weight is 426 g/mol. The second kappa shape index (κ2) is 7.60. The minimum atomic E-state index is -0.679. The Kier molecular flexibility index (Phi) is 5.62. The van der Waals surface area contributed by atoms with E-state index in [0.29, 0.717) is 23.7 Å². The molecule has 0 aliphatic carbocycles. The van der Waals surface area contributed by atoms with Crippen LogP contribution >= 0.6 is 15.9 Å². The van der Waals surface area contributed by atoms with Crippen LogP contribution in [-0.4, -0.2) is 44.7 Å². The molecule has 26 heavy (non-hydrogen) atoms. The van der Waals surface area contributed by atoms with Crippen molar-refractivity contribution < 1.29 is 24.1 Å². The SMILES string of the molecule is COc1cc(Br)c(OC)c2c(OC)c([C@H]3C[C@@H](N)[C@H](O)[C@@H](C)O3)ccc12. The second-order valence-corrected chi connectivity index (χ2v) is 7.28. The fourth-order valence-electron chi connectivity index (χ4n) is 3.58. The largest absolute Gasteiger partial charge is 0.496 e. The third kappa shape index (κ3) is 3.13. The van der Waals surface area contributed by atoms with Crippen molar-refractivity contribution in [3.63, 3.8) is 0 Å². The Hall–Kier alpha value is -1.54. The summed E-state index contributed by atoms with van der Waals surface area (Å²) in [5.41, 5.74) is 6.97. The van der Waals surface area contributed by atoms with Crippen LogP contribution in [-0.2, 0) is 4.74 Å². The first-order valence-corrected chi connectivity index (χ1v) is 9.22. The van der Waals surface area contributed by atoms with Gasteiger partial charge >= 0.3 is 0 Å². The quantitative estimate of drug-likeness (QED) is 0.782. The van der Waals surface area contributed by atoms with E-state index in [-0.39, 0.29) is 18.2 Å². The van der Waals surface area contributed by atoms with Gasteiger partial charge in [0.25, 0.3) is 0 Å². The third-order valence-corrected chi connectivity index (χ3v) is 5.50. The molecular weight excluding hydrogens is 402 g/mol. The summed E-state index contributed by atoms with van der Waals surface area (Å²) < 4.78 is 23.7. The second-order valence-electron chi connectivity index (χ2n) is 6.42. The van der Waals surface area contributed by atoms with Crippen LogP contribution in [0.2, 0.25) is 0 Å². The molecule has 0 aromatic heterocycles. The molecule has 1 saturated heterocycles. The van der Waals surface area contributed by atoms with Crippen LogP contribution in [0.4, 0.5) is 0 Å². The number of rotatable bonds is 4. The van der Waals surface area contributed by atoms with Gasteiger partial charge in [0.1, 0.15) is 17.2 Å². The van der Waals surface area contributed by atoms with E-state index in [9.17, 15) is 5.11 Å². The first-order chi connectivity index (χ1) is 12.4. The van der Waals surface area contributed by atoms with Crippen LogP contribution in [0, 0.1) is 0 Å². The van der Waals surface area contributed by atoms with Gasteiger partial charge in [0.15, 0.2) is 0 Å². The predicted octanol–water partition coefficient (Wildman–Crippen LogP) is 3.17. The average Bonchev–Trinajstić information content (AvgIpc) is 2.64. The van der Waals surface area contributed by atoms with E-state index in [1.165, 1.54) is 0 Å². The number of fused-ring (bicyclic) bond motifs is 1. The molecule has 1 aliphatic rings. The highest BCUT2D eigenvalue weighted by atomic mass is 79.9. The number of benzene rings is 2. The van der Waals surface area contributed by atoms with Crippen molar-refractivity contribution in [1.82, 2.24) is 0 Å². The molecule has 0 spiro atoms. The Morgan fingerprint density at radius 3 is 2.42 bits per heavy atom. The van der Waals surface area contributed by atoms with Crippen molar-refractivity contribution in [1.29, 1.82) is 0 Å². The number of aliphatic hydroxyl groups excluding tert-OH is 1. The van der Waals surface area contributed by atoms with Crippen molar-refractivity contribution in [3.05, 3.63) is 28.2 Å². The number of nitrogens with two attached hydrogens (primary N) is 1. The number of ether oxygens (including phenoxy) is 4. The van der Waals surface area contributed by atoms with Crippen LogP contribution in [0.1, 0.15) is 25.0 Å². The van der Waals surface area contributed by atoms with E-state index >= 15 is 0 Å². The lowest BCUT2D eigenvalue weighted by Gasteiger charge is -2.37. The van der Waals surface area contributed by atoms with Crippen LogP contribution < -0.4 is 19.9 Å². The summed E-state index contributed by atoms with van der Waals surface area (Å²) in [6.07, 6.45) is -0.817. The molecule has 0 saturated carbocycles. The summed E-state index contributed by atoms with van der Waals surface area (Å²) in [5, 5.41) is 11.7. The van der Waals surface area contributed by atoms with Crippen molar-refractivity contribution in [3.8, 4) is 17.2 Å². The van der Waals surface area contributed by atoms with E-state index in [2.05, 4.69) is 15.9 Å². The predicted molar refractivity (Wildman–Crippen MR) is 103 cm³/mol. The number of aliphatic hydroxyl groups is 1. The van der Waals surface area contributed by atoms with Crippen molar-refractivity contribution in [2.45, 2.75) is 37.7 Å². The Morgan fingerprint density at radius 2 is 1.85 bits per heavy atom. The lowest BCUT2D eigenvalue weighted by molar-refractivity contribution is -0.119. The lowest BCUT2D eigenvalue weighted by Crippen LogP contribution is -2.48. The molecule has 3 rings (SSSR count). The molecule has 1 fully saturated rings. The molecule has 142 valence electrons. The molecule has 2 aromatic carbocycles. The first kappa shape index (κ1) is 19.2. The lowest BCUT2D eigenvalue weighted by atomic mass is 9.91. The maximum atomic E-state index is 10.1. The summed E-state index contributed by atoms with van der Waals surface area (Å²) in [5.74, 6) is 2.02. The van der Waals surface area contributed by atoms with Gasteiger partial charge in [-0.15, -0.1) is 0 Å². The van der Waals surface area contributed by atoms with Gasteiger partial charge in [0, 0.05) is 17.0 Å². The Morgan fingerprint density at radius 1 is 1.15 bits per heavy atom. The monoisotopic (exact) mass is 425 g/mol. The molecule has 7 heteroatoms. The van der Waals surface area contributed by atoms with Gasteiger partial charge in [0.05, 0.1) is 49.5 Å². The molecule has 0 bridgehead atoms. The molecule has 1 aliphatic heterocycles. The molecule has 2 aromatic rings. The Labute approximate surface area is 161 Å². The van der Waals surface area contributed by atoms with Gasteiger partial charge in [-0.3, -0.25) is 0 Å². The summed E-state index contributed by atoms with van der Waals surface area (Å²) in [6, 6.07) is 5.43. The summed E-state index contributed by atoms with van der Waals surface area (Å²) in [6.45, 7) is 1.82. The van der Waals surface area contributed by atoms with Gasteiger partial charge in [-0.05, 0) is 41.4 Å². The summed E-state index contributed by atoms with van der Waals surface area (Å²) in [7, 11) is 4.86. The van der Waals surface area contributed by atoms with Gasteiger partial charge < -0.3 is 29.8 Å². The summed E-state index contributed by atoms with van der Waals surface area (Å²) >= 11 is 3.54. The van der Waals surface area contributed by atoms with E-state index in [1.54, 1.807) is 21.3 Å². The Bertz CT molecular complexity index is 800. The Balaban J connectivity index is 2.22. The standard InChI is InChI=1S/C19H24BrNO5/c1-9-17(22)13(21)8-15(26-9)11-6-5-10-14(23-2)7-12(20)19(25-4)16(10)18(11)24-3/h5-7,9,13,15,17,22H,8,21H2,1-4H3/t9-,13-,15-,17-/m1/s1. The highest BCUT2D eigenvalue weighted by Gasteiger charge is 2.35. The molecule has 6 nitrogen and oxygen atoms in total. The van der Waals surface area contributed by atoms with Gasteiger partial charge in [-0.25, -0.2) is 0 Å². The van der Waals surface area contributed by atoms with Crippen molar-refractivity contribution in [2.24, 2.45) is 5.73 Å². The van der Waals surface area contributed by atoms with Crippen molar-refractivity contribution in [2.75, 3.05) is 21.3 Å². The van der Waals surface area contributed by atoms with Crippen LogP contribution in [0.3, 0.4) is 0 Å². The topological polar surface area (TPSA) is 83.2 Å². The molecule has 3 N–H and O–H groups in total.